The smallest absolute Gasteiger partial charge is 0.262 e. The maximum atomic E-state index is 11.2. The van der Waals surface area contributed by atoms with Crippen LogP contribution >= 0.6 is 33.9 Å². The fourth-order valence-electron chi connectivity index (χ4n) is 1.13. The van der Waals surface area contributed by atoms with Crippen LogP contribution in [0.1, 0.15) is 19.8 Å². The molecular formula is C10H11Cl3O3S. The number of rotatable bonds is 5. The van der Waals surface area contributed by atoms with Gasteiger partial charge in [-0.25, -0.2) is 8.42 Å². The van der Waals surface area contributed by atoms with E-state index in [4.69, 9.17) is 38.6 Å². The molecule has 96 valence electrons. The molecule has 17 heavy (non-hydrogen) atoms. The molecule has 1 rings (SSSR count). The van der Waals surface area contributed by atoms with Gasteiger partial charge in [0.15, 0.2) is 0 Å². The van der Waals surface area contributed by atoms with Crippen molar-refractivity contribution in [3.8, 4) is 5.75 Å². The van der Waals surface area contributed by atoms with Gasteiger partial charge in [0.05, 0.1) is 16.7 Å². The summed E-state index contributed by atoms with van der Waals surface area (Å²) in [6, 6.07) is 2.54. The molecule has 0 radical (unpaired) electrons. The van der Waals surface area contributed by atoms with Crippen LogP contribution in [0.3, 0.4) is 0 Å². The Morgan fingerprint density at radius 2 is 1.88 bits per heavy atom. The number of halogens is 3. The van der Waals surface area contributed by atoms with E-state index in [-0.39, 0.29) is 14.9 Å². The highest BCUT2D eigenvalue weighted by Crippen LogP contribution is 2.35. The van der Waals surface area contributed by atoms with E-state index in [0.29, 0.717) is 12.4 Å². The summed E-state index contributed by atoms with van der Waals surface area (Å²) in [5.41, 5.74) is 0. The van der Waals surface area contributed by atoms with E-state index in [1.807, 2.05) is 6.92 Å². The first-order valence-corrected chi connectivity index (χ1v) is 7.99. The predicted octanol–water partition coefficient (Wildman–Crippen LogP) is 4.10. The molecule has 0 unspecified atom stereocenters. The van der Waals surface area contributed by atoms with Gasteiger partial charge in [-0.1, -0.05) is 36.5 Å². The molecule has 0 aliphatic rings. The lowest BCUT2D eigenvalue weighted by Gasteiger charge is -2.09. The van der Waals surface area contributed by atoms with E-state index in [1.165, 1.54) is 12.1 Å². The van der Waals surface area contributed by atoms with Crippen molar-refractivity contribution in [2.45, 2.75) is 24.7 Å². The van der Waals surface area contributed by atoms with Gasteiger partial charge in [0.25, 0.3) is 9.05 Å². The molecule has 0 amide bonds. The Labute approximate surface area is 115 Å². The number of benzene rings is 1. The summed E-state index contributed by atoms with van der Waals surface area (Å²) in [6.07, 6.45) is 1.86. The Kier molecular flexibility index (Phi) is 5.38. The Morgan fingerprint density at radius 3 is 2.41 bits per heavy atom. The average molecular weight is 318 g/mol. The molecule has 0 heterocycles. The Bertz CT molecular complexity index is 500. The zero-order valence-electron chi connectivity index (χ0n) is 9.04. The third-order valence-electron chi connectivity index (χ3n) is 2.00. The molecule has 0 spiro atoms. The molecular weight excluding hydrogens is 307 g/mol. The molecule has 0 aliphatic heterocycles. The summed E-state index contributed by atoms with van der Waals surface area (Å²) < 4.78 is 27.7. The van der Waals surface area contributed by atoms with Crippen LogP contribution in [-0.4, -0.2) is 15.0 Å². The van der Waals surface area contributed by atoms with Gasteiger partial charge in [0.1, 0.15) is 10.6 Å². The quantitative estimate of drug-likeness (QED) is 0.606. The van der Waals surface area contributed by atoms with E-state index in [1.54, 1.807) is 0 Å². The van der Waals surface area contributed by atoms with Crippen molar-refractivity contribution in [3.05, 3.63) is 22.2 Å². The van der Waals surface area contributed by atoms with Gasteiger partial charge < -0.3 is 4.74 Å². The van der Waals surface area contributed by atoms with Gasteiger partial charge >= 0.3 is 0 Å². The van der Waals surface area contributed by atoms with Crippen molar-refractivity contribution in [1.29, 1.82) is 0 Å². The molecule has 0 N–H and O–H groups in total. The van der Waals surface area contributed by atoms with Gasteiger partial charge in [0, 0.05) is 16.7 Å². The summed E-state index contributed by atoms with van der Waals surface area (Å²) >= 11 is 11.7. The summed E-state index contributed by atoms with van der Waals surface area (Å²) in [6.45, 7) is 2.53. The molecule has 0 bridgehead atoms. The maximum absolute atomic E-state index is 11.2. The summed E-state index contributed by atoms with van der Waals surface area (Å²) in [4.78, 5) is -0.214. The molecule has 7 heteroatoms. The summed E-state index contributed by atoms with van der Waals surface area (Å²) in [5, 5.41) is 0.167. The molecule has 0 fully saturated rings. The highest BCUT2D eigenvalue weighted by Gasteiger charge is 2.18. The fraction of sp³-hybridized carbons (Fsp3) is 0.400. The van der Waals surface area contributed by atoms with Crippen molar-refractivity contribution in [1.82, 2.24) is 0 Å². The molecule has 0 atom stereocenters. The number of ether oxygens (including phenoxy) is 1. The highest BCUT2D eigenvalue weighted by molar-refractivity contribution is 8.13. The van der Waals surface area contributed by atoms with E-state index in [0.717, 1.165) is 12.8 Å². The topological polar surface area (TPSA) is 43.4 Å². The largest absolute Gasteiger partial charge is 0.492 e. The minimum absolute atomic E-state index is 0.00380. The summed E-state index contributed by atoms with van der Waals surface area (Å²) in [7, 11) is 1.31. The zero-order valence-corrected chi connectivity index (χ0v) is 12.1. The second-order valence-corrected chi connectivity index (χ2v) is 6.70. The van der Waals surface area contributed by atoms with Crippen LogP contribution in [0.5, 0.6) is 5.75 Å². The third-order valence-corrected chi connectivity index (χ3v) is 4.09. The van der Waals surface area contributed by atoms with Gasteiger partial charge in [-0.15, -0.1) is 0 Å². The predicted molar refractivity (Wildman–Crippen MR) is 69.9 cm³/mol. The number of unbranched alkanes of at least 4 members (excludes halogenated alkanes) is 1. The minimum atomic E-state index is -3.90. The van der Waals surface area contributed by atoms with E-state index < -0.39 is 9.05 Å². The maximum Gasteiger partial charge on any atom is 0.262 e. The van der Waals surface area contributed by atoms with Crippen molar-refractivity contribution >= 4 is 42.9 Å². The second-order valence-electron chi connectivity index (χ2n) is 3.35. The van der Waals surface area contributed by atoms with Crippen LogP contribution in [0.4, 0.5) is 0 Å². The number of hydrogen-bond acceptors (Lipinski definition) is 3. The van der Waals surface area contributed by atoms with Gasteiger partial charge in [-0.3, -0.25) is 0 Å². The van der Waals surface area contributed by atoms with Crippen molar-refractivity contribution in [2.75, 3.05) is 6.61 Å². The van der Waals surface area contributed by atoms with Gasteiger partial charge in [-0.2, -0.15) is 0 Å². The SMILES string of the molecule is CCCCOc1cc(Cl)c(S(=O)(=O)Cl)cc1Cl. The van der Waals surface area contributed by atoms with Crippen molar-refractivity contribution in [2.24, 2.45) is 0 Å². The standard InChI is InChI=1S/C10H11Cl3O3S/c1-2-3-4-16-9-5-8(12)10(6-7(9)11)17(13,14)15/h5-6H,2-4H2,1H3. The average Bonchev–Trinajstić information content (AvgIpc) is 2.21. The Morgan fingerprint density at radius 1 is 1.24 bits per heavy atom. The van der Waals surface area contributed by atoms with Crippen LogP contribution in [0, 0.1) is 0 Å². The molecule has 3 nitrogen and oxygen atoms in total. The van der Waals surface area contributed by atoms with E-state index in [9.17, 15) is 8.42 Å². The van der Waals surface area contributed by atoms with Crippen LogP contribution in [0.25, 0.3) is 0 Å². The van der Waals surface area contributed by atoms with Gasteiger partial charge in [0.2, 0.25) is 0 Å². The highest BCUT2D eigenvalue weighted by atomic mass is 35.7. The first-order valence-electron chi connectivity index (χ1n) is 4.92. The van der Waals surface area contributed by atoms with Crippen LogP contribution < -0.4 is 4.74 Å². The minimum Gasteiger partial charge on any atom is -0.492 e. The zero-order chi connectivity index (χ0) is 13.1. The molecule has 0 aromatic heterocycles. The van der Waals surface area contributed by atoms with Crippen LogP contribution in [-0.2, 0) is 9.05 Å². The van der Waals surface area contributed by atoms with E-state index >= 15 is 0 Å². The summed E-state index contributed by atoms with van der Waals surface area (Å²) in [5.74, 6) is 0.356. The second kappa shape index (κ2) is 6.14. The molecule has 0 aliphatic carbocycles. The Hall–Kier alpha value is -0.160. The molecule has 1 aromatic rings. The monoisotopic (exact) mass is 316 g/mol. The number of hydrogen-bond donors (Lipinski definition) is 0. The lowest BCUT2D eigenvalue weighted by Crippen LogP contribution is -1.99. The molecule has 1 aromatic carbocycles. The molecule has 0 saturated carbocycles. The van der Waals surface area contributed by atoms with Crippen molar-refractivity contribution < 1.29 is 13.2 Å². The Balaban J connectivity index is 3.02. The lowest BCUT2D eigenvalue weighted by atomic mass is 10.3. The first kappa shape index (κ1) is 14.9. The first-order chi connectivity index (χ1) is 7.86. The third kappa shape index (κ3) is 4.21. The van der Waals surface area contributed by atoms with Crippen LogP contribution in [0.2, 0.25) is 10.0 Å². The normalized spacial score (nSPS) is 11.5. The fourth-order valence-corrected chi connectivity index (χ4v) is 2.93. The van der Waals surface area contributed by atoms with Crippen LogP contribution in [0.15, 0.2) is 17.0 Å². The lowest BCUT2D eigenvalue weighted by molar-refractivity contribution is 0.309. The van der Waals surface area contributed by atoms with Crippen molar-refractivity contribution in [3.63, 3.8) is 0 Å². The molecule has 0 saturated heterocycles. The van der Waals surface area contributed by atoms with E-state index in [2.05, 4.69) is 0 Å². The van der Waals surface area contributed by atoms with Gasteiger partial charge in [-0.05, 0) is 12.5 Å².